The molecular formula is C27H26N2O5. The van der Waals surface area contributed by atoms with Gasteiger partial charge in [0.1, 0.15) is 12.6 Å². The zero-order valence-electron chi connectivity index (χ0n) is 18.6. The van der Waals surface area contributed by atoms with Gasteiger partial charge in [0.05, 0.1) is 23.8 Å². The van der Waals surface area contributed by atoms with Gasteiger partial charge in [-0.15, -0.1) is 0 Å². The highest BCUT2D eigenvalue weighted by Gasteiger charge is 2.36. The second-order valence-corrected chi connectivity index (χ2v) is 8.16. The molecule has 4 rings (SSSR count). The molecule has 34 heavy (non-hydrogen) atoms. The first-order valence-electron chi connectivity index (χ1n) is 11.1. The maximum atomic E-state index is 12.8. The van der Waals surface area contributed by atoms with Gasteiger partial charge in [-0.2, -0.15) is 0 Å². The summed E-state index contributed by atoms with van der Waals surface area (Å²) in [4.78, 5) is 39.0. The average Bonchev–Trinajstić information content (AvgIpc) is 3.11. The standard InChI is InChI=1S/C27H26N2O5/c30-21(17-29-25(31)22-13-7-8-14-23(22)26(29)32)16-28-24(15-19-9-3-1-4-10-19)27(33)34-18-20-11-5-2-6-12-20/h1-14,21,24,28,30H,15-18H2/t21?,24-/m0/s1. The topological polar surface area (TPSA) is 95.9 Å². The van der Waals surface area contributed by atoms with Crippen LogP contribution in [0.4, 0.5) is 0 Å². The molecule has 0 aromatic heterocycles. The van der Waals surface area contributed by atoms with E-state index in [-0.39, 0.29) is 19.7 Å². The maximum absolute atomic E-state index is 12.8. The van der Waals surface area contributed by atoms with Crippen LogP contribution in [-0.4, -0.2) is 53.0 Å². The normalized spacial score (nSPS) is 14.6. The Labute approximate surface area is 198 Å². The molecule has 0 saturated carbocycles. The van der Waals surface area contributed by atoms with Crippen molar-refractivity contribution in [2.24, 2.45) is 0 Å². The largest absolute Gasteiger partial charge is 0.460 e. The van der Waals surface area contributed by atoms with Crippen molar-refractivity contribution >= 4 is 17.8 Å². The van der Waals surface area contributed by atoms with Crippen molar-refractivity contribution < 1.29 is 24.2 Å². The lowest BCUT2D eigenvalue weighted by Crippen LogP contribution is -2.47. The van der Waals surface area contributed by atoms with Crippen LogP contribution >= 0.6 is 0 Å². The Morgan fingerprint density at radius 2 is 1.35 bits per heavy atom. The van der Waals surface area contributed by atoms with Gasteiger partial charge in [-0.05, 0) is 29.7 Å². The van der Waals surface area contributed by atoms with Crippen molar-refractivity contribution in [1.29, 1.82) is 0 Å². The summed E-state index contributed by atoms with van der Waals surface area (Å²) < 4.78 is 5.50. The summed E-state index contributed by atoms with van der Waals surface area (Å²) in [5.74, 6) is -1.30. The first-order valence-corrected chi connectivity index (χ1v) is 11.1. The van der Waals surface area contributed by atoms with Crippen molar-refractivity contribution in [2.45, 2.75) is 25.2 Å². The molecule has 1 heterocycles. The van der Waals surface area contributed by atoms with E-state index in [1.165, 1.54) is 0 Å². The second kappa shape index (κ2) is 10.9. The highest BCUT2D eigenvalue weighted by molar-refractivity contribution is 6.21. The van der Waals surface area contributed by atoms with Crippen LogP contribution in [0.25, 0.3) is 0 Å². The van der Waals surface area contributed by atoms with E-state index in [9.17, 15) is 19.5 Å². The molecule has 2 amide bonds. The fourth-order valence-corrected chi connectivity index (χ4v) is 3.88. The first kappa shape index (κ1) is 23.4. The van der Waals surface area contributed by atoms with E-state index in [2.05, 4.69) is 5.32 Å². The van der Waals surface area contributed by atoms with Gasteiger partial charge >= 0.3 is 5.97 Å². The van der Waals surface area contributed by atoms with Crippen LogP contribution in [0.1, 0.15) is 31.8 Å². The van der Waals surface area contributed by atoms with E-state index in [1.807, 2.05) is 60.7 Å². The molecule has 1 aliphatic rings. The van der Waals surface area contributed by atoms with Gasteiger partial charge in [0.25, 0.3) is 11.8 Å². The predicted octanol–water partition coefficient (Wildman–Crippen LogP) is 2.59. The molecule has 7 nitrogen and oxygen atoms in total. The summed E-state index contributed by atoms with van der Waals surface area (Å²) >= 11 is 0. The van der Waals surface area contributed by atoms with Crippen molar-refractivity contribution in [2.75, 3.05) is 13.1 Å². The van der Waals surface area contributed by atoms with E-state index in [0.29, 0.717) is 17.5 Å². The Balaban J connectivity index is 1.37. The molecule has 1 unspecified atom stereocenters. The highest BCUT2D eigenvalue weighted by Crippen LogP contribution is 2.22. The first-order chi connectivity index (χ1) is 16.5. The molecule has 2 N–H and O–H groups in total. The third-order valence-corrected chi connectivity index (χ3v) is 5.66. The minimum Gasteiger partial charge on any atom is -0.460 e. The SMILES string of the molecule is O=C(OCc1ccccc1)[C@H](Cc1ccccc1)NCC(O)CN1C(=O)c2ccccc2C1=O. The fraction of sp³-hybridized carbons (Fsp3) is 0.222. The number of rotatable bonds is 10. The van der Waals surface area contributed by atoms with Gasteiger partial charge in [-0.3, -0.25) is 19.3 Å². The number of imide groups is 1. The van der Waals surface area contributed by atoms with Gasteiger partial charge in [-0.25, -0.2) is 0 Å². The number of hydrogen-bond donors (Lipinski definition) is 2. The van der Waals surface area contributed by atoms with Crippen LogP contribution in [0.2, 0.25) is 0 Å². The molecule has 0 saturated heterocycles. The third kappa shape index (κ3) is 5.57. The molecule has 0 bridgehead atoms. The number of ether oxygens (including phenoxy) is 1. The van der Waals surface area contributed by atoms with E-state index in [4.69, 9.17) is 4.74 Å². The summed E-state index contributed by atoms with van der Waals surface area (Å²) in [6.07, 6.45) is -0.684. The number of nitrogens with zero attached hydrogens (tertiary/aromatic N) is 1. The fourth-order valence-electron chi connectivity index (χ4n) is 3.88. The Morgan fingerprint density at radius 3 is 1.94 bits per heavy atom. The van der Waals surface area contributed by atoms with Crippen molar-refractivity contribution in [3.8, 4) is 0 Å². The predicted molar refractivity (Wildman–Crippen MR) is 126 cm³/mol. The minimum atomic E-state index is -1.05. The lowest BCUT2D eigenvalue weighted by Gasteiger charge is -2.22. The van der Waals surface area contributed by atoms with Crippen LogP contribution < -0.4 is 5.32 Å². The Morgan fingerprint density at radius 1 is 0.824 bits per heavy atom. The minimum absolute atomic E-state index is 0.00530. The van der Waals surface area contributed by atoms with E-state index >= 15 is 0 Å². The Kier molecular flexibility index (Phi) is 7.47. The number of aliphatic hydroxyl groups excluding tert-OH is 1. The zero-order valence-corrected chi connectivity index (χ0v) is 18.6. The molecule has 3 aromatic carbocycles. The summed E-state index contributed by atoms with van der Waals surface area (Å²) in [5.41, 5.74) is 2.48. The van der Waals surface area contributed by atoms with Crippen LogP contribution in [0.5, 0.6) is 0 Å². The molecule has 3 aromatic rings. The van der Waals surface area contributed by atoms with E-state index in [1.54, 1.807) is 24.3 Å². The molecule has 0 fully saturated rings. The second-order valence-electron chi connectivity index (χ2n) is 8.16. The number of carbonyl (C=O) groups excluding carboxylic acids is 3. The molecule has 1 aliphatic heterocycles. The van der Waals surface area contributed by atoms with Crippen molar-refractivity contribution in [1.82, 2.24) is 10.2 Å². The molecule has 7 heteroatoms. The molecule has 2 atom stereocenters. The van der Waals surface area contributed by atoms with Crippen LogP contribution in [0.3, 0.4) is 0 Å². The number of nitrogens with one attached hydrogen (secondary N) is 1. The van der Waals surface area contributed by atoms with Crippen molar-refractivity contribution in [3.63, 3.8) is 0 Å². The van der Waals surface area contributed by atoms with Crippen LogP contribution in [0, 0.1) is 0 Å². The van der Waals surface area contributed by atoms with Gasteiger partial charge in [-0.1, -0.05) is 72.8 Å². The number of β-amino-alcohol motifs (C(OH)–C–C–N with tert-alkyl or cyclic N) is 1. The number of fused-ring (bicyclic) bond motifs is 1. The molecule has 0 aliphatic carbocycles. The lowest BCUT2D eigenvalue weighted by molar-refractivity contribution is -0.147. The smallest absolute Gasteiger partial charge is 0.323 e. The van der Waals surface area contributed by atoms with Gasteiger partial charge in [0.15, 0.2) is 0 Å². The summed E-state index contributed by atoms with van der Waals surface area (Å²) in [6.45, 7) is -0.0218. The van der Waals surface area contributed by atoms with Gasteiger partial charge < -0.3 is 15.2 Å². The average molecular weight is 459 g/mol. The van der Waals surface area contributed by atoms with Crippen LogP contribution in [-0.2, 0) is 22.6 Å². The zero-order chi connectivity index (χ0) is 23.9. The number of hydrogen-bond acceptors (Lipinski definition) is 6. The van der Waals surface area contributed by atoms with Crippen molar-refractivity contribution in [3.05, 3.63) is 107 Å². The van der Waals surface area contributed by atoms with E-state index in [0.717, 1.165) is 16.0 Å². The number of aliphatic hydroxyl groups is 1. The summed E-state index contributed by atoms with van der Waals surface area (Å²) in [5, 5.41) is 13.6. The number of benzene rings is 3. The van der Waals surface area contributed by atoms with E-state index < -0.39 is 29.9 Å². The molecule has 174 valence electrons. The number of esters is 1. The third-order valence-electron chi connectivity index (χ3n) is 5.66. The monoisotopic (exact) mass is 458 g/mol. The number of amides is 2. The van der Waals surface area contributed by atoms with Gasteiger partial charge in [0, 0.05) is 6.54 Å². The lowest BCUT2D eigenvalue weighted by atomic mass is 10.1. The summed E-state index contributed by atoms with van der Waals surface area (Å²) in [6, 6.07) is 24.8. The maximum Gasteiger partial charge on any atom is 0.323 e. The molecule has 0 radical (unpaired) electrons. The quantitative estimate of drug-likeness (QED) is 0.358. The number of carbonyl (C=O) groups is 3. The van der Waals surface area contributed by atoms with Gasteiger partial charge in [0.2, 0.25) is 0 Å². The van der Waals surface area contributed by atoms with Crippen LogP contribution in [0.15, 0.2) is 84.9 Å². The molecular weight excluding hydrogens is 432 g/mol. The molecule has 0 spiro atoms. The Bertz CT molecular complexity index is 1110. The summed E-state index contributed by atoms with van der Waals surface area (Å²) in [7, 11) is 0. The Hall–Kier alpha value is -3.81. The highest BCUT2D eigenvalue weighted by atomic mass is 16.5.